The summed E-state index contributed by atoms with van der Waals surface area (Å²) in [7, 11) is 0. The number of rotatable bonds is 5. The van der Waals surface area contributed by atoms with Crippen LogP contribution in [-0.4, -0.2) is 15.5 Å². The maximum atomic E-state index is 13.1. The molecular weight excluding hydrogens is 325 g/mol. The average molecular weight is 341 g/mol. The zero-order valence-electron chi connectivity index (χ0n) is 13.5. The number of nitrogens with one attached hydrogen (secondary N) is 1. The van der Waals surface area contributed by atoms with Crippen LogP contribution in [-0.2, 0) is 17.9 Å². The molecule has 128 valence electrons. The summed E-state index contributed by atoms with van der Waals surface area (Å²) in [4.78, 5) is 28.8. The number of hydrogen-bond acceptors (Lipinski definition) is 4. The van der Waals surface area contributed by atoms with Gasteiger partial charge in [-0.2, -0.15) is 0 Å². The van der Waals surface area contributed by atoms with Crippen LogP contribution in [0.3, 0.4) is 0 Å². The molecule has 1 amide bonds. The molecule has 0 unspecified atom stereocenters. The highest BCUT2D eigenvalue weighted by Crippen LogP contribution is 2.16. The second-order valence-corrected chi connectivity index (χ2v) is 5.51. The number of carbonyl (C=O) groups excluding carboxylic acids is 1. The number of amides is 1. The number of aryl methyl sites for hydroxylation is 1. The van der Waals surface area contributed by atoms with E-state index in [9.17, 15) is 14.0 Å². The summed E-state index contributed by atoms with van der Waals surface area (Å²) in [5, 5.41) is 2.68. The van der Waals surface area contributed by atoms with Gasteiger partial charge in [-0.25, -0.2) is 9.37 Å². The molecule has 7 heteroatoms. The van der Waals surface area contributed by atoms with Gasteiger partial charge in [0.2, 0.25) is 5.91 Å². The van der Waals surface area contributed by atoms with Crippen LogP contribution in [0.5, 0.6) is 0 Å². The van der Waals surface area contributed by atoms with Crippen LogP contribution in [0.1, 0.15) is 11.5 Å². The highest BCUT2D eigenvalue weighted by atomic mass is 19.1. The van der Waals surface area contributed by atoms with Crippen molar-refractivity contribution in [3.8, 4) is 11.4 Å². The molecule has 2 aromatic heterocycles. The van der Waals surface area contributed by atoms with Crippen LogP contribution in [0.2, 0.25) is 0 Å². The summed E-state index contributed by atoms with van der Waals surface area (Å²) >= 11 is 0. The second kappa shape index (κ2) is 7.12. The molecule has 0 aliphatic carbocycles. The monoisotopic (exact) mass is 341 g/mol. The predicted molar refractivity (Wildman–Crippen MR) is 89.2 cm³/mol. The van der Waals surface area contributed by atoms with Crippen molar-refractivity contribution in [2.24, 2.45) is 0 Å². The van der Waals surface area contributed by atoms with Gasteiger partial charge in [-0.3, -0.25) is 14.2 Å². The summed E-state index contributed by atoms with van der Waals surface area (Å²) in [6.07, 6.45) is 1.52. The van der Waals surface area contributed by atoms with Gasteiger partial charge in [0.05, 0.1) is 12.8 Å². The Bertz CT molecular complexity index is 931. The van der Waals surface area contributed by atoms with Gasteiger partial charge in [0.1, 0.15) is 23.9 Å². The number of carbonyl (C=O) groups is 1. The standard InChI is InChI=1S/C18H16FN3O3/c1-12-9-17(24)22(11-16(23)20-10-15-3-2-8-25-15)18(21-12)13-4-6-14(19)7-5-13/h2-9H,10-11H2,1H3,(H,20,23). The van der Waals surface area contributed by atoms with E-state index in [1.54, 1.807) is 19.1 Å². The summed E-state index contributed by atoms with van der Waals surface area (Å²) < 4.78 is 19.6. The van der Waals surface area contributed by atoms with Gasteiger partial charge < -0.3 is 9.73 Å². The fourth-order valence-electron chi connectivity index (χ4n) is 2.39. The van der Waals surface area contributed by atoms with E-state index in [1.165, 1.54) is 41.2 Å². The molecule has 1 aromatic carbocycles. The van der Waals surface area contributed by atoms with Gasteiger partial charge in [0.15, 0.2) is 0 Å². The highest BCUT2D eigenvalue weighted by molar-refractivity contribution is 5.76. The van der Waals surface area contributed by atoms with Crippen LogP contribution >= 0.6 is 0 Å². The van der Waals surface area contributed by atoms with Crippen molar-refractivity contribution in [1.29, 1.82) is 0 Å². The van der Waals surface area contributed by atoms with E-state index in [4.69, 9.17) is 4.42 Å². The number of halogens is 1. The Labute approximate surface area is 142 Å². The predicted octanol–water partition coefficient (Wildman–Crippen LogP) is 2.27. The van der Waals surface area contributed by atoms with Crippen molar-refractivity contribution in [1.82, 2.24) is 14.9 Å². The van der Waals surface area contributed by atoms with Gasteiger partial charge in [-0.05, 0) is 43.3 Å². The molecule has 0 aliphatic rings. The van der Waals surface area contributed by atoms with Gasteiger partial charge in [-0.1, -0.05) is 0 Å². The molecule has 1 N–H and O–H groups in total. The third-order valence-electron chi connectivity index (χ3n) is 3.58. The molecule has 25 heavy (non-hydrogen) atoms. The topological polar surface area (TPSA) is 77.1 Å². The maximum absolute atomic E-state index is 13.1. The zero-order valence-corrected chi connectivity index (χ0v) is 13.5. The normalized spacial score (nSPS) is 10.6. The maximum Gasteiger partial charge on any atom is 0.254 e. The molecular formula is C18H16FN3O3. The van der Waals surface area contributed by atoms with E-state index < -0.39 is 0 Å². The van der Waals surface area contributed by atoms with Crippen molar-refractivity contribution < 1.29 is 13.6 Å². The fraction of sp³-hybridized carbons (Fsp3) is 0.167. The molecule has 0 atom stereocenters. The highest BCUT2D eigenvalue weighted by Gasteiger charge is 2.13. The van der Waals surface area contributed by atoms with Crippen molar-refractivity contribution in [3.63, 3.8) is 0 Å². The Hall–Kier alpha value is -3.22. The summed E-state index contributed by atoms with van der Waals surface area (Å²) in [5.74, 6) is 0.189. The number of furan rings is 1. The Morgan fingerprint density at radius 3 is 2.72 bits per heavy atom. The Morgan fingerprint density at radius 2 is 2.04 bits per heavy atom. The number of aromatic nitrogens is 2. The van der Waals surface area contributed by atoms with Crippen molar-refractivity contribution in [3.05, 3.63) is 76.4 Å². The van der Waals surface area contributed by atoms with E-state index in [2.05, 4.69) is 10.3 Å². The molecule has 0 saturated carbocycles. The average Bonchev–Trinajstić information content (AvgIpc) is 3.09. The van der Waals surface area contributed by atoms with Crippen LogP contribution in [0.25, 0.3) is 11.4 Å². The summed E-state index contributed by atoms with van der Waals surface area (Å²) in [5.41, 5.74) is 0.734. The van der Waals surface area contributed by atoms with Crippen LogP contribution in [0, 0.1) is 12.7 Å². The molecule has 0 fully saturated rings. The quantitative estimate of drug-likeness (QED) is 0.772. The third kappa shape index (κ3) is 4.00. The van der Waals surface area contributed by atoms with E-state index in [0.29, 0.717) is 22.8 Å². The van der Waals surface area contributed by atoms with Gasteiger partial charge >= 0.3 is 0 Å². The lowest BCUT2D eigenvalue weighted by Crippen LogP contribution is -2.33. The minimum atomic E-state index is -0.388. The molecule has 0 aliphatic heterocycles. The Balaban J connectivity index is 1.86. The largest absolute Gasteiger partial charge is 0.467 e. The Morgan fingerprint density at radius 1 is 1.28 bits per heavy atom. The van der Waals surface area contributed by atoms with Crippen molar-refractivity contribution >= 4 is 5.91 Å². The molecule has 0 radical (unpaired) electrons. The molecule has 2 heterocycles. The van der Waals surface area contributed by atoms with Crippen molar-refractivity contribution in [2.75, 3.05) is 0 Å². The first-order valence-electron chi connectivity index (χ1n) is 7.66. The van der Waals surface area contributed by atoms with E-state index in [1.807, 2.05) is 0 Å². The molecule has 3 aromatic rings. The minimum Gasteiger partial charge on any atom is -0.467 e. The molecule has 0 bridgehead atoms. The summed E-state index contributed by atoms with van der Waals surface area (Å²) in [6, 6.07) is 10.4. The lowest BCUT2D eigenvalue weighted by molar-refractivity contribution is -0.121. The van der Waals surface area contributed by atoms with Gasteiger partial charge in [0.25, 0.3) is 5.56 Å². The van der Waals surface area contributed by atoms with E-state index >= 15 is 0 Å². The number of benzene rings is 1. The molecule has 3 rings (SSSR count). The smallest absolute Gasteiger partial charge is 0.254 e. The third-order valence-corrected chi connectivity index (χ3v) is 3.58. The molecule has 6 nitrogen and oxygen atoms in total. The van der Waals surface area contributed by atoms with Gasteiger partial charge in [-0.15, -0.1) is 0 Å². The SMILES string of the molecule is Cc1cc(=O)n(CC(=O)NCc2ccco2)c(-c2ccc(F)cc2)n1. The second-order valence-electron chi connectivity index (χ2n) is 5.51. The molecule has 0 spiro atoms. The molecule has 0 saturated heterocycles. The lowest BCUT2D eigenvalue weighted by atomic mass is 10.2. The number of nitrogens with zero attached hydrogens (tertiary/aromatic N) is 2. The van der Waals surface area contributed by atoms with Crippen LogP contribution < -0.4 is 10.9 Å². The van der Waals surface area contributed by atoms with Crippen LogP contribution in [0.4, 0.5) is 4.39 Å². The summed E-state index contributed by atoms with van der Waals surface area (Å²) in [6.45, 7) is 1.72. The first-order chi connectivity index (χ1) is 12.0. The van der Waals surface area contributed by atoms with Crippen LogP contribution in [0.15, 0.2) is 57.9 Å². The first kappa shape index (κ1) is 16.6. The minimum absolute atomic E-state index is 0.195. The number of hydrogen-bond donors (Lipinski definition) is 1. The zero-order chi connectivity index (χ0) is 17.8. The Kier molecular flexibility index (Phi) is 4.74. The fourth-order valence-corrected chi connectivity index (χ4v) is 2.39. The van der Waals surface area contributed by atoms with E-state index in [0.717, 1.165) is 0 Å². The lowest BCUT2D eigenvalue weighted by Gasteiger charge is -2.12. The first-order valence-corrected chi connectivity index (χ1v) is 7.66. The van der Waals surface area contributed by atoms with Gasteiger partial charge in [0, 0.05) is 17.3 Å². The van der Waals surface area contributed by atoms with E-state index in [-0.39, 0.29) is 30.4 Å². The van der Waals surface area contributed by atoms with Crippen molar-refractivity contribution in [2.45, 2.75) is 20.0 Å².